The Labute approximate surface area is 112 Å². The summed E-state index contributed by atoms with van der Waals surface area (Å²) in [6.07, 6.45) is -0.652. The maximum Gasteiger partial charge on any atom is 0.407 e. The molecular formula is C13H19N3O3. The molecule has 1 aromatic carbocycles. The van der Waals surface area contributed by atoms with Crippen molar-refractivity contribution in [3.8, 4) is 0 Å². The van der Waals surface area contributed by atoms with E-state index in [0.717, 1.165) is 16.0 Å². The highest BCUT2D eigenvalue weighted by Gasteiger charge is 2.17. The van der Waals surface area contributed by atoms with E-state index >= 15 is 0 Å². The molecular weight excluding hydrogens is 246 g/mol. The van der Waals surface area contributed by atoms with Crippen molar-refractivity contribution >= 4 is 12.0 Å². The van der Waals surface area contributed by atoms with Gasteiger partial charge in [0.25, 0.3) is 0 Å². The van der Waals surface area contributed by atoms with Crippen LogP contribution in [0.15, 0.2) is 24.3 Å². The third kappa shape index (κ3) is 5.39. The zero-order valence-corrected chi connectivity index (χ0v) is 10.9. The first-order valence-electron chi connectivity index (χ1n) is 5.95. The van der Waals surface area contributed by atoms with Crippen molar-refractivity contribution in [2.45, 2.75) is 19.4 Å². The quantitative estimate of drug-likeness (QED) is 0.688. The van der Waals surface area contributed by atoms with Gasteiger partial charge in [-0.15, -0.1) is 0 Å². The van der Waals surface area contributed by atoms with Gasteiger partial charge in [-0.25, -0.2) is 4.79 Å². The van der Waals surface area contributed by atoms with Gasteiger partial charge >= 0.3 is 6.09 Å². The van der Waals surface area contributed by atoms with Crippen molar-refractivity contribution < 1.29 is 14.7 Å². The highest BCUT2D eigenvalue weighted by Crippen LogP contribution is 2.06. The average molecular weight is 265 g/mol. The number of primary amides is 1. The van der Waals surface area contributed by atoms with Gasteiger partial charge in [0.2, 0.25) is 5.91 Å². The average Bonchev–Trinajstić information content (AvgIpc) is 2.30. The Morgan fingerprint density at radius 2 is 1.89 bits per heavy atom. The lowest BCUT2D eigenvalue weighted by molar-refractivity contribution is -0.118. The molecule has 1 atom stereocenters. The largest absolute Gasteiger partial charge is 0.465 e. The van der Waals surface area contributed by atoms with Crippen LogP contribution in [0.1, 0.15) is 11.1 Å². The molecule has 6 heteroatoms. The van der Waals surface area contributed by atoms with E-state index in [1.54, 1.807) is 0 Å². The van der Waals surface area contributed by atoms with Crippen molar-refractivity contribution in [3.05, 3.63) is 35.4 Å². The lowest BCUT2D eigenvalue weighted by Crippen LogP contribution is -2.45. The van der Waals surface area contributed by atoms with Gasteiger partial charge in [-0.1, -0.05) is 29.8 Å². The van der Waals surface area contributed by atoms with E-state index in [9.17, 15) is 9.59 Å². The molecule has 0 aromatic heterocycles. The minimum atomic E-state index is -1.20. The SMILES string of the molecule is Cc1ccc(C[C@@H](N)CN(CC(N)=O)C(=O)O)cc1. The lowest BCUT2D eigenvalue weighted by atomic mass is 10.0. The maximum atomic E-state index is 10.9. The number of carbonyl (C=O) groups excluding carboxylic acids is 1. The van der Waals surface area contributed by atoms with Crippen LogP contribution in [0.3, 0.4) is 0 Å². The lowest BCUT2D eigenvalue weighted by Gasteiger charge is -2.21. The molecule has 0 fully saturated rings. The summed E-state index contributed by atoms with van der Waals surface area (Å²) in [4.78, 5) is 22.6. The molecule has 0 aliphatic carbocycles. The Morgan fingerprint density at radius 3 is 2.37 bits per heavy atom. The standard InChI is InChI=1S/C13H19N3O3/c1-9-2-4-10(5-3-9)6-11(14)7-16(13(18)19)8-12(15)17/h2-5,11H,6-8,14H2,1H3,(H2,15,17)(H,18,19)/t11-/m1/s1. The molecule has 6 nitrogen and oxygen atoms in total. The van der Waals surface area contributed by atoms with Crippen LogP contribution in [0.5, 0.6) is 0 Å². The minimum Gasteiger partial charge on any atom is -0.465 e. The van der Waals surface area contributed by atoms with Crippen molar-refractivity contribution in [3.63, 3.8) is 0 Å². The van der Waals surface area contributed by atoms with E-state index in [1.165, 1.54) is 0 Å². The molecule has 0 bridgehead atoms. The van der Waals surface area contributed by atoms with Crippen LogP contribution in [-0.2, 0) is 11.2 Å². The maximum absolute atomic E-state index is 10.9. The molecule has 5 N–H and O–H groups in total. The molecule has 1 rings (SSSR count). The predicted octanol–water partition coefficient (Wildman–Crippen LogP) is 0.330. The van der Waals surface area contributed by atoms with Crippen molar-refractivity contribution in [1.82, 2.24) is 4.90 Å². The number of amides is 2. The molecule has 0 saturated carbocycles. The summed E-state index contributed by atoms with van der Waals surface area (Å²) in [5.74, 6) is -0.690. The Bertz CT molecular complexity index is 445. The van der Waals surface area contributed by atoms with Crippen LogP contribution >= 0.6 is 0 Å². The molecule has 2 amide bonds. The van der Waals surface area contributed by atoms with Gasteiger partial charge in [-0.05, 0) is 18.9 Å². The summed E-state index contributed by atoms with van der Waals surface area (Å²) in [6.45, 7) is 1.73. The third-order valence-corrected chi connectivity index (χ3v) is 2.69. The number of nitrogens with zero attached hydrogens (tertiary/aromatic N) is 1. The first kappa shape index (κ1) is 15.0. The summed E-state index contributed by atoms with van der Waals surface area (Å²) in [5.41, 5.74) is 13.1. The zero-order chi connectivity index (χ0) is 14.4. The fourth-order valence-electron chi connectivity index (χ4n) is 1.77. The van der Waals surface area contributed by atoms with E-state index in [4.69, 9.17) is 16.6 Å². The summed E-state index contributed by atoms with van der Waals surface area (Å²) in [6, 6.07) is 7.47. The molecule has 0 saturated heterocycles. The van der Waals surface area contributed by atoms with Gasteiger partial charge in [-0.2, -0.15) is 0 Å². The Hall–Kier alpha value is -2.08. The molecule has 0 heterocycles. The Kier molecular flexibility index (Phi) is 5.32. The van der Waals surface area contributed by atoms with Crippen LogP contribution < -0.4 is 11.5 Å². The topological polar surface area (TPSA) is 110 Å². The van der Waals surface area contributed by atoms with E-state index in [2.05, 4.69) is 0 Å². The van der Waals surface area contributed by atoms with Gasteiger partial charge in [0.1, 0.15) is 6.54 Å². The molecule has 0 aliphatic heterocycles. The molecule has 0 unspecified atom stereocenters. The van der Waals surface area contributed by atoms with Crippen molar-refractivity contribution in [1.29, 1.82) is 0 Å². The smallest absolute Gasteiger partial charge is 0.407 e. The van der Waals surface area contributed by atoms with Crippen LogP contribution in [0.25, 0.3) is 0 Å². The Balaban J connectivity index is 2.57. The second-order valence-electron chi connectivity index (χ2n) is 4.58. The first-order chi connectivity index (χ1) is 8.88. The van der Waals surface area contributed by atoms with E-state index in [0.29, 0.717) is 6.42 Å². The number of nitrogens with two attached hydrogens (primary N) is 2. The van der Waals surface area contributed by atoms with E-state index < -0.39 is 12.0 Å². The van der Waals surface area contributed by atoms with Gasteiger partial charge in [0.05, 0.1) is 0 Å². The molecule has 19 heavy (non-hydrogen) atoms. The normalized spacial score (nSPS) is 11.9. The van der Waals surface area contributed by atoms with Crippen molar-refractivity contribution in [2.75, 3.05) is 13.1 Å². The fourth-order valence-corrected chi connectivity index (χ4v) is 1.77. The second kappa shape index (κ2) is 6.75. The first-order valence-corrected chi connectivity index (χ1v) is 5.95. The number of carbonyl (C=O) groups is 2. The second-order valence-corrected chi connectivity index (χ2v) is 4.58. The van der Waals surface area contributed by atoms with Crippen LogP contribution in [0.4, 0.5) is 4.79 Å². The Morgan fingerprint density at radius 1 is 1.32 bits per heavy atom. The highest BCUT2D eigenvalue weighted by atomic mass is 16.4. The molecule has 0 aliphatic rings. The van der Waals surface area contributed by atoms with Gasteiger partial charge in [-0.3, -0.25) is 9.69 Å². The summed E-state index contributed by atoms with van der Waals surface area (Å²) in [7, 11) is 0. The van der Waals surface area contributed by atoms with Gasteiger partial charge in [0, 0.05) is 12.6 Å². The zero-order valence-electron chi connectivity index (χ0n) is 10.9. The number of hydrogen-bond acceptors (Lipinski definition) is 3. The summed E-state index contributed by atoms with van der Waals surface area (Å²) in [5, 5.41) is 8.94. The molecule has 0 radical (unpaired) electrons. The number of aryl methyl sites for hydroxylation is 1. The molecule has 0 spiro atoms. The fraction of sp³-hybridized carbons (Fsp3) is 0.385. The number of rotatable bonds is 6. The van der Waals surface area contributed by atoms with Gasteiger partial charge in [0.15, 0.2) is 0 Å². The van der Waals surface area contributed by atoms with Crippen molar-refractivity contribution in [2.24, 2.45) is 11.5 Å². The monoisotopic (exact) mass is 265 g/mol. The van der Waals surface area contributed by atoms with Crippen LogP contribution in [0.2, 0.25) is 0 Å². The summed E-state index contributed by atoms with van der Waals surface area (Å²) >= 11 is 0. The number of carboxylic acid groups (broad SMARTS) is 1. The van der Waals surface area contributed by atoms with Gasteiger partial charge < -0.3 is 16.6 Å². The van der Waals surface area contributed by atoms with Crippen LogP contribution in [0, 0.1) is 6.92 Å². The third-order valence-electron chi connectivity index (χ3n) is 2.69. The van der Waals surface area contributed by atoms with Crippen LogP contribution in [-0.4, -0.2) is 41.1 Å². The van der Waals surface area contributed by atoms with E-state index in [-0.39, 0.29) is 19.1 Å². The minimum absolute atomic E-state index is 0.0755. The summed E-state index contributed by atoms with van der Waals surface area (Å²) < 4.78 is 0. The highest BCUT2D eigenvalue weighted by molar-refractivity contribution is 5.80. The number of benzene rings is 1. The number of hydrogen-bond donors (Lipinski definition) is 3. The molecule has 1 aromatic rings. The van der Waals surface area contributed by atoms with E-state index in [1.807, 2.05) is 31.2 Å². The predicted molar refractivity (Wildman–Crippen MR) is 71.7 cm³/mol. The molecule has 104 valence electrons.